The monoisotopic (exact) mass is 666 g/mol. The maximum absolute atomic E-state index is 9.52. The minimum atomic E-state index is -0.167. The van der Waals surface area contributed by atoms with Crippen LogP contribution in [0, 0.1) is 0 Å². The summed E-state index contributed by atoms with van der Waals surface area (Å²) in [4.78, 5) is 4.81. The van der Waals surface area contributed by atoms with E-state index in [-0.39, 0.29) is 12.1 Å². The van der Waals surface area contributed by atoms with Crippen molar-refractivity contribution in [3.8, 4) is 0 Å². The van der Waals surface area contributed by atoms with E-state index in [2.05, 4.69) is 141 Å². The number of aliphatic hydroxyl groups excluding tert-OH is 1. The standard InChI is InChI=1S/C20H23NO.C16H17NO.C4H7Br/c1-2-3-14-22-19-15-21(16-19)20(17-10-6-4-7-11-17)18-12-8-5-9-13-18;18-15-11-17(12-15)16(13-7-3-1-4-8-13)14-9-5-2-6-10-14;1-2-3-4-5/h2-13,19-20H,14-16H2,1H3;1-10,15-16,18H,11-12H2;2-3H,4H2,1H3. The van der Waals surface area contributed by atoms with Crippen molar-refractivity contribution in [3.05, 3.63) is 168 Å². The molecule has 0 bridgehead atoms. The molecule has 236 valence electrons. The predicted octanol–water partition coefficient (Wildman–Crippen LogP) is 8.46. The van der Waals surface area contributed by atoms with Gasteiger partial charge in [0.05, 0.1) is 30.9 Å². The minimum Gasteiger partial charge on any atom is -0.390 e. The molecule has 5 heteroatoms. The summed E-state index contributed by atoms with van der Waals surface area (Å²) in [7, 11) is 0. The summed E-state index contributed by atoms with van der Waals surface area (Å²) in [6.07, 6.45) is 8.34. The number of nitrogens with zero attached hydrogens (tertiary/aromatic N) is 2. The van der Waals surface area contributed by atoms with Gasteiger partial charge in [-0.05, 0) is 36.1 Å². The summed E-state index contributed by atoms with van der Waals surface area (Å²) in [5.74, 6) is 0. The van der Waals surface area contributed by atoms with Crippen LogP contribution in [-0.2, 0) is 4.74 Å². The molecule has 0 unspecified atom stereocenters. The van der Waals surface area contributed by atoms with E-state index in [1.807, 2.05) is 44.2 Å². The SMILES string of the molecule is CC=CCBr.CC=CCOC1CN(C(c2ccccc2)c2ccccc2)C1.OC1CN(C(c2ccccc2)c2ccccc2)C1. The fourth-order valence-electron chi connectivity index (χ4n) is 5.63. The van der Waals surface area contributed by atoms with Crippen LogP contribution in [0.1, 0.15) is 48.2 Å². The van der Waals surface area contributed by atoms with Gasteiger partial charge in [-0.15, -0.1) is 0 Å². The summed E-state index contributed by atoms with van der Waals surface area (Å²) in [6.45, 7) is 8.25. The molecule has 6 rings (SSSR count). The summed E-state index contributed by atoms with van der Waals surface area (Å²) < 4.78 is 5.84. The van der Waals surface area contributed by atoms with Crippen LogP contribution < -0.4 is 0 Å². The molecule has 0 amide bonds. The third kappa shape index (κ3) is 10.6. The van der Waals surface area contributed by atoms with Gasteiger partial charge in [0.1, 0.15) is 0 Å². The molecule has 2 aliphatic rings. The van der Waals surface area contributed by atoms with Crippen LogP contribution in [0.5, 0.6) is 0 Å². The highest BCUT2D eigenvalue weighted by Gasteiger charge is 2.34. The van der Waals surface area contributed by atoms with Crippen molar-refractivity contribution in [3.63, 3.8) is 0 Å². The topological polar surface area (TPSA) is 35.9 Å². The molecule has 0 aliphatic carbocycles. The van der Waals surface area contributed by atoms with Crippen LogP contribution >= 0.6 is 15.9 Å². The lowest BCUT2D eigenvalue weighted by Crippen LogP contribution is -2.53. The number of ether oxygens (including phenoxy) is 1. The van der Waals surface area contributed by atoms with E-state index in [0.29, 0.717) is 12.1 Å². The minimum absolute atomic E-state index is 0.167. The Bertz CT molecular complexity index is 1310. The first-order valence-corrected chi connectivity index (χ1v) is 17.0. The number of allylic oxidation sites excluding steroid dienone is 3. The number of rotatable bonds is 10. The van der Waals surface area contributed by atoms with Gasteiger partial charge in [0.25, 0.3) is 0 Å². The number of benzene rings is 4. The molecular weight excluding hydrogens is 620 g/mol. The average molecular weight is 668 g/mol. The molecule has 2 saturated heterocycles. The Kier molecular flexibility index (Phi) is 14.8. The molecule has 0 aromatic heterocycles. The van der Waals surface area contributed by atoms with E-state index < -0.39 is 0 Å². The molecule has 1 N–H and O–H groups in total. The number of hydrogen-bond donors (Lipinski definition) is 1. The molecule has 0 radical (unpaired) electrons. The van der Waals surface area contributed by atoms with Gasteiger partial charge < -0.3 is 9.84 Å². The van der Waals surface area contributed by atoms with Crippen LogP contribution in [-0.4, -0.2) is 65.2 Å². The Hall–Kier alpha value is -3.32. The molecule has 2 aliphatic heterocycles. The van der Waals surface area contributed by atoms with Crippen molar-refractivity contribution in [2.45, 2.75) is 38.1 Å². The van der Waals surface area contributed by atoms with Crippen LogP contribution in [0.4, 0.5) is 0 Å². The van der Waals surface area contributed by atoms with Crippen molar-refractivity contribution in [2.75, 3.05) is 38.1 Å². The maximum atomic E-state index is 9.52. The molecule has 0 spiro atoms. The first-order valence-electron chi connectivity index (χ1n) is 15.9. The van der Waals surface area contributed by atoms with Crippen molar-refractivity contribution < 1.29 is 9.84 Å². The third-order valence-corrected chi connectivity index (χ3v) is 8.32. The van der Waals surface area contributed by atoms with Crippen LogP contribution in [0.2, 0.25) is 0 Å². The second-order valence-corrected chi connectivity index (χ2v) is 11.9. The number of likely N-dealkylation sites (tertiary alicyclic amines) is 2. The highest BCUT2D eigenvalue weighted by atomic mass is 79.9. The normalized spacial score (nSPS) is 15.8. The van der Waals surface area contributed by atoms with Gasteiger partial charge in [0, 0.05) is 31.5 Å². The van der Waals surface area contributed by atoms with Gasteiger partial charge in [-0.2, -0.15) is 0 Å². The number of aliphatic hydroxyl groups is 1. The molecule has 4 aromatic rings. The van der Waals surface area contributed by atoms with Gasteiger partial charge in [-0.1, -0.05) is 162 Å². The lowest BCUT2D eigenvalue weighted by Gasteiger charge is -2.44. The second-order valence-electron chi connectivity index (χ2n) is 11.3. The quantitative estimate of drug-likeness (QED) is 0.136. The number of alkyl halides is 1. The fraction of sp³-hybridized carbons (Fsp3) is 0.300. The average Bonchev–Trinajstić information content (AvgIpc) is 3.06. The molecule has 0 atom stereocenters. The zero-order chi connectivity index (χ0) is 31.7. The van der Waals surface area contributed by atoms with E-state index in [4.69, 9.17) is 4.74 Å². The molecular formula is C40H47BrN2O2. The van der Waals surface area contributed by atoms with E-state index in [0.717, 1.165) is 38.1 Å². The zero-order valence-corrected chi connectivity index (χ0v) is 28.1. The Morgan fingerprint density at radius 2 is 0.978 bits per heavy atom. The first-order chi connectivity index (χ1) is 22.1. The Balaban J connectivity index is 0.000000181. The van der Waals surface area contributed by atoms with Crippen molar-refractivity contribution in [1.82, 2.24) is 9.80 Å². The van der Waals surface area contributed by atoms with E-state index in [9.17, 15) is 5.11 Å². The lowest BCUT2D eigenvalue weighted by atomic mass is 9.94. The zero-order valence-electron chi connectivity index (χ0n) is 26.5. The van der Waals surface area contributed by atoms with Crippen molar-refractivity contribution in [1.29, 1.82) is 0 Å². The van der Waals surface area contributed by atoms with Crippen LogP contribution in [0.25, 0.3) is 0 Å². The molecule has 2 heterocycles. The van der Waals surface area contributed by atoms with E-state index in [1.54, 1.807) is 0 Å². The molecule has 45 heavy (non-hydrogen) atoms. The number of halogens is 1. The smallest absolute Gasteiger partial charge is 0.0833 e. The van der Waals surface area contributed by atoms with Crippen molar-refractivity contribution in [2.24, 2.45) is 0 Å². The second kappa shape index (κ2) is 19.3. The Labute approximate surface area is 278 Å². The lowest BCUT2D eigenvalue weighted by molar-refractivity contribution is -0.0569. The predicted molar refractivity (Wildman–Crippen MR) is 192 cm³/mol. The van der Waals surface area contributed by atoms with Gasteiger partial charge in [-0.25, -0.2) is 0 Å². The highest BCUT2D eigenvalue weighted by molar-refractivity contribution is 9.09. The first kappa shape index (κ1) is 34.6. The molecule has 0 saturated carbocycles. The van der Waals surface area contributed by atoms with Crippen molar-refractivity contribution >= 4 is 15.9 Å². The molecule has 4 aromatic carbocycles. The maximum Gasteiger partial charge on any atom is 0.0833 e. The Morgan fingerprint density at radius 1 is 0.622 bits per heavy atom. The van der Waals surface area contributed by atoms with Gasteiger partial charge >= 0.3 is 0 Å². The molecule has 2 fully saturated rings. The number of β-amino-alcohol motifs (C(OH)–C–C–N with tert-alkyl or cyclic N) is 1. The van der Waals surface area contributed by atoms with Gasteiger partial charge in [-0.3, -0.25) is 9.80 Å². The summed E-state index contributed by atoms with van der Waals surface area (Å²) in [6, 6.07) is 43.0. The van der Waals surface area contributed by atoms with E-state index in [1.165, 1.54) is 22.3 Å². The summed E-state index contributed by atoms with van der Waals surface area (Å²) in [5.41, 5.74) is 5.27. The van der Waals surface area contributed by atoms with Gasteiger partial charge in [0.15, 0.2) is 0 Å². The van der Waals surface area contributed by atoms with Crippen LogP contribution in [0.15, 0.2) is 146 Å². The van der Waals surface area contributed by atoms with Gasteiger partial charge in [0.2, 0.25) is 0 Å². The van der Waals surface area contributed by atoms with E-state index >= 15 is 0 Å². The van der Waals surface area contributed by atoms with Crippen LogP contribution in [0.3, 0.4) is 0 Å². The Morgan fingerprint density at radius 3 is 1.27 bits per heavy atom. The number of hydrogen-bond acceptors (Lipinski definition) is 4. The summed E-state index contributed by atoms with van der Waals surface area (Å²) >= 11 is 3.22. The largest absolute Gasteiger partial charge is 0.390 e. The summed E-state index contributed by atoms with van der Waals surface area (Å²) in [5, 5.41) is 10.5. The molecule has 4 nitrogen and oxygen atoms in total. The highest BCUT2D eigenvalue weighted by Crippen LogP contribution is 2.33. The fourth-order valence-corrected chi connectivity index (χ4v) is 6.00. The third-order valence-electron chi connectivity index (χ3n) is 7.95.